The Morgan fingerprint density at radius 1 is 1.11 bits per heavy atom. The number of carbonyl (C=O) groups is 1. The van der Waals surface area contributed by atoms with Crippen LogP contribution < -0.4 is 0 Å². The predicted molar refractivity (Wildman–Crippen MR) is 63.2 cm³/mol. The molecule has 4 aliphatic rings. The standard InChI is InChI=1S/C14H20O4/c15-13(16)7-14(4-3-10-12(6-14)18-10)8-1-2-9-11(5-8)17-9/h8-12H,1-7H2,(H,15,16). The summed E-state index contributed by atoms with van der Waals surface area (Å²) >= 11 is 0. The zero-order valence-corrected chi connectivity index (χ0v) is 10.5. The molecular formula is C14H20O4. The van der Waals surface area contributed by atoms with E-state index < -0.39 is 5.97 Å². The summed E-state index contributed by atoms with van der Waals surface area (Å²) in [5.74, 6) is -0.115. The van der Waals surface area contributed by atoms with Crippen LogP contribution in [0.5, 0.6) is 0 Å². The van der Waals surface area contributed by atoms with Crippen molar-refractivity contribution in [2.45, 2.75) is 69.4 Å². The molecule has 100 valence electrons. The molecule has 0 bridgehead atoms. The van der Waals surface area contributed by atoms with E-state index >= 15 is 0 Å². The van der Waals surface area contributed by atoms with Gasteiger partial charge < -0.3 is 14.6 Å². The Kier molecular flexibility index (Phi) is 2.31. The van der Waals surface area contributed by atoms with Gasteiger partial charge in [0.05, 0.1) is 30.8 Å². The van der Waals surface area contributed by atoms with E-state index in [1.165, 1.54) is 0 Å². The van der Waals surface area contributed by atoms with Gasteiger partial charge in [-0.05, 0) is 49.9 Å². The van der Waals surface area contributed by atoms with Gasteiger partial charge in [0.25, 0.3) is 0 Å². The first-order chi connectivity index (χ1) is 8.66. The monoisotopic (exact) mass is 252 g/mol. The topological polar surface area (TPSA) is 62.4 Å². The van der Waals surface area contributed by atoms with Crippen LogP contribution in [-0.2, 0) is 14.3 Å². The number of epoxide rings is 2. The Labute approximate surface area is 107 Å². The van der Waals surface area contributed by atoms with E-state index in [9.17, 15) is 9.90 Å². The van der Waals surface area contributed by atoms with E-state index in [1.54, 1.807) is 0 Å². The van der Waals surface area contributed by atoms with Crippen molar-refractivity contribution in [1.82, 2.24) is 0 Å². The van der Waals surface area contributed by atoms with E-state index in [-0.39, 0.29) is 5.41 Å². The lowest BCUT2D eigenvalue weighted by atomic mass is 9.60. The first-order valence-corrected chi connectivity index (χ1v) is 7.19. The highest BCUT2D eigenvalue weighted by molar-refractivity contribution is 5.67. The van der Waals surface area contributed by atoms with E-state index in [1.807, 2.05) is 0 Å². The number of hydrogen-bond donors (Lipinski definition) is 1. The summed E-state index contributed by atoms with van der Waals surface area (Å²) in [5.41, 5.74) is -0.0135. The molecule has 0 spiro atoms. The van der Waals surface area contributed by atoms with Crippen molar-refractivity contribution < 1.29 is 19.4 Å². The molecule has 4 rings (SSSR count). The van der Waals surface area contributed by atoms with Crippen molar-refractivity contribution >= 4 is 5.97 Å². The van der Waals surface area contributed by atoms with Crippen LogP contribution in [0.25, 0.3) is 0 Å². The van der Waals surface area contributed by atoms with Gasteiger partial charge in [-0.2, -0.15) is 0 Å². The maximum absolute atomic E-state index is 11.3. The molecule has 2 saturated carbocycles. The molecule has 2 saturated heterocycles. The summed E-state index contributed by atoms with van der Waals surface area (Å²) in [4.78, 5) is 11.3. The van der Waals surface area contributed by atoms with Gasteiger partial charge in [0.1, 0.15) is 0 Å². The zero-order valence-electron chi connectivity index (χ0n) is 10.5. The summed E-state index contributed by atoms with van der Waals surface area (Å²) in [6.45, 7) is 0. The Bertz CT molecular complexity index is 382. The highest BCUT2D eigenvalue weighted by atomic mass is 16.6. The third kappa shape index (κ3) is 1.77. The van der Waals surface area contributed by atoms with Crippen LogP contribution in [0.1, 0.15) is 44.9 Å². The minimum absolute atomic E-state index is 0.0135. The molecule has 0 amide bonds. The number of hydrogen-bond acceptors (Lipinski definition) is 3. The molecule has 0 aromatic heterocycles. The smallest absolute Gasteiger partial charge is 0.303 e. The van der Waals surface area contributed by atoms with Crippen LogP contribution in [-0.4, -0.2) is 35.5 Å². The lowest BCUT2D eigenvalue weighted by molar-refractivity contribution is -0.141. The molecule has 1 N–H and O–H groups in total. The third-order valence-electron chi connectivity index (χ3n) is 5.60. The van der Waals surface area contributed by atoms with Crippen LogP contribution in [0.4, 0.5) is 0 Å². The number of rotatable bonds is 3. The molecule has 4 heteroatoms. The average molecular weight is 252 g/mol. The number of aliphatic carboxylic acids is 1. The van der Waals surface area contributed by atoms with E-state index in [0.717, 1.165) is 38.5 Å². The first kappa shape index (κ1) is 11.2. The summed E-state index contributed by atoms with van der Waals surface area (Å²) in [6.07, 6.45) is 8.46. The van der Waals surface area contributed by atoms with Gasteiger partial charge >= 0.3 is 5.97 Å². The number of fused-ring (bicyclic) bond motifs is 2. The van der Waals surface area contributed by atoms with Crippen LogP contribution in [0.2, 0.25) is 0 Å². The van der Waals surface area contributed by atoms with Gasteiger partial charge in [-0.3, -0.25) is 4.79 Å². The fraction of sp³-hybridized carbons (Fsp3) is 0.929. The number of ether oxygens (including phenoxy) is 2. The molecule has 6 unspecified atom stereocenters. The van der Waals surface area contributed by atoms with Crippen molar-refractivity contribution in [2.24, 2.45) is 11.3 Å². The molecular weight excluding hydrogens is 232 g/mol. The third-order valence-corrected chi connectivity index (χ3v) is 5.60. The normalized spacial score (nSPS) is 53.2. The maximum Gasteiger partial charge on any atom is 0.303 e. The van der Waals surface area contributed by atoms with E-state index in [4.69, 9.17) is 9.47 Å². The summed E-state index contributed by atoms with van der Waals surface area (Å²) in [6, 6.07) is 0. The predicted octanol–water partition coefficient (Wildman–Crippen LogP) is 1.97. The molecule has 2 aliphatic carbocycles. The van der Waals surface area contributed by atoms with Crippen LogP contribution in [0, 0.1) is 11.3 Å². The van der Waals surface area contributed by atoms with Gasteiger partial charge in [0.15, 0.2) is 0 Å². The number of carboxylic acids is 1. The van der Waals surface area contributed by atoms with Crippen molar-refractivity contribution in [2.75, 3.05) is 0 Å². The molecule has 2 heterocycles. The molecule has 18 heavy (non-hydrogen) atoms. The first-order valence-electron chi connectivity index (χ1n) is 7.19. The molecule has 0 aromatic carbocycles. The Balaban J connectivity index is 1.55. The fourth-order valence-corrected chi connectivity index (χ4v) is 4.48. The van der Waals surface area contributed by atoms with Gasteiger partial charge in [-0.1, -0.05) is 0 Å². The number of carboxylic acid groups (broad SMARTS) is 1. The zero-order chi connectivity index (χ0) is 12.3. The SMILES string of the molecule is O=C(O)CC1(C2CCC3OC3C2)CCC2OC2C1. The second kappa shape index (κ2) is 3.70. The van der Waals surface area contributed by atoms with Crippen LogP contribution >= 0.6 is 0 Å². The van der Waals surface area contributed by atoms with Crippen molar-refractivity contribution in [3.8, 4) is 0 Å². The van der Waals surface area contributed by atoms with Crippen LogP contribution in [0.15, 0.2) is 0 Å². The molecule has 2 aliphatic heterocycles. The van der Waals surface area contributed by atoms with Crippen molar-refractivity contribution in [3.63, 3.8) is 0 Å². The van der Waals surface area contributed by atoms with Gasteiger partial charge in [0, 0.05) is 0 Å². The molecule has 4 fully saturated rings. The lowest BCUT2D eigenvalue weighted by Crippen LogP contribution is -2.39. The highest BCUT2D eigenvalue weighted by Gasteiger charge is 2.57. The second-order valence-corrected chi connectivity index (χ2v) is 6.61. The largest absolute Gasteiger partial charge is 0.481 e. The summed E-state index contributed by atoms with van der Waals surface area (Å²) < 4.78 is 11.2. The summed E-state index contributed by atoms with van der Waals surface area (Å²) in [5, 5.41) is 9.27. The molecule has 0 radical (unpaired) electrons. The van der Waals surface area contributed by atoms with E-state index in [2.05, 4.69) is 0 Å². The summed E-state index contributed by atoms with van der Waals surface area (Å²) in [7, 11) is 0. The Morgan fingerprint density at radius 2 is 1.89 bits per heavy atom. The average Bonchev–Trinajstić information content (AvgIpc) is 3.21. The van der Waals surface area contributed by atoms with Crippen molar-refractivity contribution in [1.29, 1.82) is 0 Å². The molecule has 0 aromatic rings. The Morgan fingerprint density at radius 3 is 2.61 bits per heavy atom. The quantitative estimate of drug-likeness (QED) is 0.780. The molecule has 4 nitrogen and oxygen atoms in total. The minimum atomic E-state index is -0.645. The van der Waals surface area contributed by atoms with E-state index in [0.29, 0.717) is 36.8 Å². The minimum Gasteiger partial charge on any atom is -0.481 e. The highest BCUT2D eigenvalue weighted by Crippen LogP contribution is 2.57. The Hall–Kier alpha value is -0.610. The second-order valence-electron chi connectivity index (χ2n) is 6.61. The van der Waals surface area contributed by atoms with Crippen molar-refractivity contribution in [3.05, 3.63) is 0 Å². The molecule has 6 atom stereocenters. The van der Waals surface area contributed by atoms with Gasteiger partial charge in [0.2, 0.25) is 0 Å². The van der Waals surface area contributed by atoms with Gasteiger partial charge in [-0.25, -0.2) is 0 Å². The fourth-order valence-electron chi connectivity index (χ4n) is 4.48. The van der Waals surface area contributed by atoms with Crippen LogP contribution in [0.3, 0.4) is 0 Å². The maximum atomic E-state index is 11.3. The lowest BCUT2D eigenvalue weighted by Gasteiger charge is -2.42. The van der Waals surface area contributed by atoms with Gasteiger partial charge in [-0.15, -0.1) is 0 Å².